The number of hydrogen-bond acceptors (Lipinski definition) is 4. The van der Waals surface area contributed by atoms with Gasteiger partial charge in [-0.05, 0) is 43.2 Å². The lowest BCUT2D eigenvalue weighted by Crippen LogP contribution is -1.90. The van der Waals surface area contributed by atoms with Gasteiger partial charge in [-0.25, -0.2) is 9.97 Å². The Bertz CT molecular complexity index is 416. The Morgan fingerprint density at radius 2 is 1.75 bits per heavy atom. The molecule has 0 aliphatic rings. The van der Waals surface area contributed by atoms with E-state index in [2.05, 4.69) is 9.97 Å². The first-order valence-corrected chi connectivity index (χ1v) is 4.95. The maximum Gasteiger partial charge on any atom is 0.126 e. The summed E-state index contributed by atoms with van der Waals surface area (Å²) in [5, 5.41) is 0. The van der Waals surface area contributed by atoms with Gasteiger partial charge in [-0.15, -0.1) is 0 Å². The number of rotatable bonds is 0. The van der Waals surface area contributed by atoms with Gasteiger partial charge in [-0.1, -0.05) is 6.07 Å². The molecule has 4 heteroatoms. The predicted octanol–water partition coefficient (Wildman–Crippen LogP) is 1.94. The minimum atomic E-state index is 0.588. The van der Waals surface area contributed by atoms with Gasteiger partial charge in [0.1, 0.15) is 11.6 Å². The van der Waals surface area contributed by atoms with Gasteiger partial charge in [0.2, 0.25) is 0 Å². The number of nitrogens with two attached hydrogens (primary N) is 2. The molecular weight excluding hydrogens is 200 g/mol. The average molecular weight is 216 g/mol. The first-order chi connectivity index (χ1) is 7.59. The Morgan fingerprint density at radius 3 is 2.12 bits per heavy atom. The number of hydrogen-bond donors (Lipinski definition) is 2. The van der Waals surface area contributed by atoms with Crippen LogP contribution >= 0.6 is 0 Å². The quantitative estimate of drug-likeness (QED) is 0.705. The molecule has 0 radical (unpaired) electrons. The van der Waals surface area contributed by atoms with E-state index in [0.29, 0.717) is 11.6 Å². The van der Waals surface area contributed by atoms with Crippen molar-refractivity contribution in [3.8, 4) is 0 Å². The number of anilines is 2. The molecule has 0 bridgehead atoms. The molecule has 0 aromatic carbocycles. The molecule has 2 aromatic rings. The van der Waals surface area contributed by atoms with Crippen molar-refractivity contribution in [3.05, 3.63) is 47.8 Å². The molecule has 84 valence electrons. The van der Waals surface area contributed by atoms with Crippen LogP contribution in [0.25, 0.3) is 0 Å². The van der Waals surface area contributed by atoms with Crippen LogP contribution in [0.1, 0.15) is 11.1 Å². The molecule has 0 saturated heterocycles. The summed E-state index contributed by atoms with van der Waals surface area (Å²) in [7, 11) is 0. The smallest absolute Gasteiger partial charge is 0.126 e. The van der Waals surface area contributed by atoms with Crippen LogP contribution in [0.2, 0.25) is 0 Å². The van der Waals surface area contributed by atoms with Crippen molar-refractivity contribution in [2.45, 2.75) is 13.8 Å². The Morgan fingerprint density at radius 1 is 1.00 bits per heavy atom. The second-order valence-corrected chi connectivity index (χ2v) is 3.46. The zero-order valence-corrected chi connectivity index (χ0v) is 9.51. The SMILES string of the molecule is Cc1cccnc1N.Cc1ccnc(N)c1. The molecular formula is C12H16N4. The highest BCUT2D eigenvalue weighted by Crippen LogP contribution is 2.02. The Kier molecular flexibility index (Phi) is 4.27. The van der Waals surface area contributed by atoms with Gasteiger partial charge in [0.25, 0.3) is 0 Å². The van der Waals surface area contributed by atoms with E-state index < -0.39 is 0 Å². The molecule has 0 saturated carbocycles. The second kappa shape index (κ2) is 5.70. The van der Waals surface area contributed by atoms with E-state index in [-0.39, 0.29) is 0 Å². The first kappa shape index (κ1) is 12.0. The van der Waals surface area contributed by atoms with Gasteiger partial charge in [0, 0.05) is 12.4 Å². The lowest BCUT2D eigenvalue weighted by molar-refractivity contribution is 1.28. The predicted molar refractivity (Wildman–Crippen MR) is 66.8 cm³/mol. The summed E-state index contributed by atoms with van der Waals surface area (Å²) in [6, 6.07) is 7.55. The molecule has 4 nitrogen and oxygen atoms in total. The number of aromatic nitrogens is 2. The second-order valence-electron chi connectivity index (χ2n) is 3.46. The zero-order valence-electron chi connectivity index (χ0n) is 9.51. The Balaban J connectivity index is 0.000000160. The molecule has 0 atom stereocenters. The number of pyridine rings is 2. The molecule has 2 heterocycles. The summed E-state index contributed by atoms with van der Waals surface area (Å²) in [6.45, 7) is 3.92. The van der Waals surface area contributed by atoms with Crippen LogP contribution in [0.15, 0.2) is 36.7 Å². The third-order valence-electron chi connectivity index (χ3n) is 1.99. The normalized spacial score (nSPS) is 9.12. The third kappa shape index (κ3) is 3.96. The molecule has 16 heavy (non-hydrogen) atoms. The average Bonchev–Trinajstić information content (AvgIpc) is 2.23. The summed E-state index contributed by atoms with van der Waals surface area (Å²) >= 11 is 0. The van der Waals surface area contributed by atoms with Crippen molar-refractivity contribution < 1.29 is 0 Å². The fraction of sp³-hybridized carbons (Fsp3) is 0.167. The highest BCUT2D eigenvalue weighted by molar-refractivity contribution is 5.36. The van der Waals surface area contributed by atoms with E-state index >= 15 is 0 Å². The van der Waals surface area contributed by atoms with Crippen LogP contribution in [0.4, 0.5) is 11.6 Å². The molecule has 0 aliphatic heterocycles. The van der Waals surface area contributed by atoms with E-state index in [9.17, 15) is 0 Å². The van der Waals surface area contributed by atoms with E-state index in [1.54, 1.807) is 12.4 Å². The van der Waals surface area contributed by atoms with Crippen LogP contribution in [0.3, 0.4) is 0 Å². The zero-order chi connectivity index (χ0) is 12.0. The van der Waals surface area contributed by atoms with Gasteiger partial charge in [-0.3, -0.25) is 0 Å². The van der Waals surface area contributed by atoms with Crippen LogP contribution in [0.5, 0.6) is 0 Å². The summed E-state index contributed by atoms with van der Waals surface area (Å²) < 4.78 is 0. The van der Waals surface area contributed by atoms with E-state index in [4.69, 9.17) is 11.5 Å². The van der Waals surface area contributed by atoms with Crippen molar-refractivity contribution in [3.63, 3.8) is 0 Å². The Labute approximate surface area is 95.3 Å². The molecule has 2 rings (SSSR count). The highest BCUT2D eigenvalue weighted by Gasteiger charge is 1.86. The standard InChI is InChI=1S/2C6H8N2/c1-5-2-3-8-6(7)4-5;1-5-3-2-4-8-6(5)7/h2*2-4H,1H3,(H2,7,8). The van der Waals surface area contributed by atoms with Gasteiger partial charge >= 0.3 is 0 Å². The Hall–Kier alpha value is -2.10. The maximum absolute atomic E-state index is 5.41. The number of nitrogens with zero attached hydrogens (tertiary/aromatic N) is 2. The number of nitrogen functional groups attached to an aromatic ring is 2. The minimum absolute atomic E-state index is 0.588. The third-order valence-corrected chi connectivity index (χ3v) is 1.99. The van der Waals surface area contributed by atoms with Gasteiger partial charge in [0.15, 0.2) is 0 Å². The lowest BCUT2D eigenvalue weighted by atomic mass is 10.3. The van der Waals surface area contributed by atoms with E-state index in [1.807, 2.05) is 38.1 Å². The van der Waals surface area contributed by atoms with E-state index in [0.717, 1.165) is 11.1 Å². The topological polar surface area (TPSA) is 77.8 Å². The molecule has 0 amide bonds. The fourth-order valence-electron chi connectivity index (χ4n) is 1.06. The fourth-order valence-corrected chi connectivity index (χ4v) is 1.06. The van der Waals surface area contributed by atoms with Gasteiger partial charge in [-0.2, -0.15) is 0 Å². The van der Waals surface area contributed by atoms with Gasteiger partial charge in [0.05, 0.1) is 0 Å². The number of aryl methyl sites for hydroxylation is 2. The van der Waals surface area contributed by atoms with Crippen LogP contribution in [-0.2, 0) is 0 Å². The summed E-state index contributed by atoms with van der Waals surface area (Å²) in [6.07, 6.45) is 3.38. The van der Waals surface area contributed by atoms with Crippen molar-refractivity contribution in [2.75, 3.05) is 11.5 Å². The van der Waals surface area contributed by atoms with E-state index in [1.165, 1.54) is 0 Å². The van der Waals surface area contributed by atoms with Crippen LogP contribution < -0.4 is 11.5 Å². The first-order valence-electron chi connectivity index (χ1n) is 4.95. The molecule has 0 spiro atoms. The van der Waals surface area contributed by atoms with Crippen molar-refractivity contribution in [2.24, 2.45) is 0 Å². The maximum atomic E-state index is 5.41. The largest absolute Gasteiger partial charge is 0.384 e. The van der Waals surface area contributed by atoms with Gasteiger partial charge < -0.3 is 11.5 Å². The molecule has 0 aliphatic carbocycles. The van der Waals surface area contributed by atoms with Crippen molar-refractivity contribution >= 4 is 11.6 Å². The summed E-state index contributed by atoms with van der Waals surface area (Å²) in [4.78, 5) is 7.67. The lowest BCUT2D eigenvalue weighted by Gasteiger charge is -1.92. The highest BCUT2D eigenvalue weighted by atomic mass is 14.8. The molecule has 0 unspecified atom stereocenters. The minimum Gasteiger partial charge on any atom is -0.384 e. The van der Waals surface area contributed by atoms with Crippen molar-refractivity contribution in [1.29, 1.82) is 0 Å². The molecule has 0 fully saturated rings. The molecule has 2 aromatic heterocycles. The monoisotopic (exact) mass is 216 g/mol. The molecule has 4 N–H and O–H groups in total. The van der Waals surface area contributed by atoms with Crippen molar-refractivity contribution in [1.82, 2.24) is 9.97 Å². The van der Waals surface area contributed by atoms with Crippen LogP contribution in [0, 0.1) is 13.8 Å². The summed E-state index contributed by atoms with van der Waals surface area (Å²) in [5.74, 6) is 1.21. The van der Waals surface area contributed by atoms with Crippen LogP contribution in [-0.4, -0.2) is 9.97 Å². The summed E-state index contributed by atoms with van der Waals surface area (Å²) in [5.41, 5.74) is 12.9.